The summed E-state index contributed by atoms with van der Waals surface area (Å²) >= 11 is 3.19. The maximum atomic E-state index is 13.3. The number of benzene rings is 1. The molecular weight excluding hydrogens is 323 g/mol. The first-order valence-corrected chi connectivity index (χ1v) is 7.48. The molecule has 0 radical (unpaired) electrons. The topological polar surface area (TPSA) is 26.3 Å². The van der Waals surface area contributed by atoms with Crippen molar-refractivity contribution < 1.29 is 13.9 Å². The van der Waals surface area contributed by atoms with Crippen LogP contribution in [-0.2, 0) is 9.53 Å². The molecule has 1 aliphatic heterocycles. The van der Waals surface area contributed by atoms with Crippen molar-refractivity contribution in [1.82, 2.24) is 0 Å². The first-order valence-electron chi connectivity index (χ1n) is 6.69. The monoisotopic (exact) mass is 336 g/mol. The summed E-state index contributed by atoms with van der Waals surface area (Å²) in [5.74, 6) is 0.158. The lowest BCUT2D eigenvalue weighted by molar-refractivity contribution is -0.133. The summed E-state index contributed by atoms with van der Waals surface area (Å²) < 4.78 is 19.2. The molecule has 0 N–H and O–H groups in total. The fourth-order valence-electron chi connectivity index (χ4n) is 2.76. The van der Waals surface area contributed by atoms with Gasteiger partial charge in [-0.05, 0) is 71.8 Å². The van der Waals surface area contributed by atoms with Crippen molar-refractivity contribution in [2.24, 2.45) is 0 Å². The molecule has 4 heteroatoms. The molecule has 0 aromatic heterocycles. The first kappa shape index (κ1) is 13.6. The van der Waals surface area contributed by atoms with Gasteiger partial charge in [0.2, 0.25) is 0 Å². The highest BCUT2D eigenvalue weighted by atomic mass is 79.9. The van der Waals surface area contributed by atoms with Gasteiger partial charge in [-0.25, -0.2) is 9.18 Å². The van der Waals surface area contributed by atoms with Crippen molar-refractivity contribution in [3.8, 4) is 0 Å². The fourth-order valence-corrected chi connectivity index (χ4v) is 3.14. The number of rotatable bonds is 1. The molecule has 1 aliphatic carbocycles. The summed E-state index contributed by atoms with van der Waals surface area (Å²) in [5.41, 5.74) is 3.61. The second-order valence-electron chi connectivity index (χ2n) is 5.14. The van der Waals surface area contributed by atoms with E-state index in [1.54, 1.807) is 12.1 Å². The van der Waals surface area contributed by atoms with Gasteiger partial charge in [0.1, 0.15) is 11.6 Å². The van der Waals surface area contributed by atoms with E-state index in [1.807, 2.05) is 6.92 Å². The number of halogens is 2. The smallest absolute Gasteiger partial charge is 0.339 e. The Bertz CT molecular complexity index is 658. The van der Waals surface area contributed by atoms with Gasteiger partial charge in [-0.15, -0.1) is 0 Å². The van der Waals surface area contributed by atoms with Crippen molar-refractivity contribution in [2.75, 3.05) is 0 Å². The van der Waals surface area contributed by atoms with Gasteiger partial charge in [-0.2, -0.15) is 0 Å². The lowest BCUT2D eigenvalue weighted by atomic mass is 9.90. The van der Waals surface area contributed by atoms with E-state index in [0.29, 0.717) is 10.2 Å². The second-order valence-corrected chi connectivity index (χ2v) is 5.99. The second kappa shape index (κ2) is 5.17. The Hall–Kier alpha value is -1.42. The molecule has 20 heavy (non-hydrogen) atoms. The van der Waals surface area contributed by atoms with Crippen LogP contribution in [-0.4, -0.2) is 5.97 Å². The highest BCUT2D eigenvalue weighted by molar-refractivity contribution is 9.10. The Balaban J connectivity index is 2.07. The molecule has 0 spiro atoms. The Morgan fingerprint density at radius 3 is 2.65 bits per heavy atom. The average Bonchev–Trinajstić information content (AvgIpc) is 2.79. The SMILES string of the molecule is C/C(=C1/OC(=O)C2=C1CCCC2)c1ccc(F)c(Br)c1. The van der Waals surface area contributed by atoms with Crippen LogP contribution < -0.4 is 0 Å². The number of esters is 1. The Morgan fingerprint density at radius 1 is 1.25 bits per heavy atom. The molecule has 1 aromatic carbocycles. The van der Waals surface area contributed by atoms with Crippen molar-refractivity contribution in [1.29, 1.82) is 0 Å². The molecule has 3 rings (SSSR count). The van der Waals surface area contributed by atoms with Gasteiger partial charge in [0.25, 0.3) is 0 Å². The van der Waals surface area contributed by atoms with Gasteiger partial charge in [0.15, 0.2) is 0 Å². The summed E-state index contributed by atoms with van der Waals surface area (Å²) in [4.78, 5) is 11.9. The van der Waals surface area contributed by atoms with Crippen LogP contribution in [0.15, 0.2) is 39.6 Å². The molecule has 1 aromatic rings. The molecule has 104 valence electrons. The summed E-state index contributed by atoms with van der Waals surface area (Å²) in [6, 6.07) is 4.83. The van der Waals surface area contributed by atoms with Crippen LogP contribution in [0.4, 0.5) is 4.39 Å². The van der Waals surface area contributed by atoms with Crippen LogP contribution in [0.1, 0.15) is 38.2 Å². The summed E-state index contributed by atoms with van der Waals surface area (Å²) in [5, 5.41) is 0. The van der Waals surface area contributed by atoms with Crippen molar-refractivity contribution in [3.05, 3.63) is 51.0 Å². The van der Waals surface area contributed by atoms with E-state index in [1.165, 1.54) is 6.07 Å². The van der Waals surface area contributed by atoms with Crippen molar-refractivity contribution in [3.63, 3.8) is 0 Å². The quantitative estimate of drug-likeness (QED) is 0.692. The maximum absolute atomic E-state index is 13.3. The highest BCUT2D eigenvalue weighted by Crippen LogP contribution is 2.40. The third-order valence-corrected chi connectivity index (χ3v) is 4.48. The molecule has 0 saturated heterocycles. The van der Waals surface area contributed by atoms with E-state index < -0.39 is 0 Å². The zero-order valence-electron chi connectivity index (χ0n) is 11.1. The minimum absolute atomic E-state index is 0.213. The number of carbonyl (C=O) groups excluding carboxylic acids is 1. The molecule has 0 atom stereocenters. The number of cyclic esters (lactones) is 1. The van der Waals surface area contributed by atoms with E-state index in [2.05, 4.69) is 15.9 Å². The molecule has 0 amide bonds. The molecule has 2 nitrogen and oxygen atoms in total. The van der Waals surface area contributed by atoms with E-state index >= 15 is 0 Å². The lowest BCUT2D eigenvalue weighted by Gasteiger charge is -2.13. The molecule has 0 unspecified atom stereocenters. The minimum atomic E-state index is -0.299. The largest absolute Gasteiger partial charge is 0.423 e. The highest BCUT2D eigenvalue weighted by Gasteiger charge is 2.32. The number of ether oxygens (including phenoxy) is 1. The molecule has 0 bridgehead atoms. The summed E-state index contributed by atoms with van der Waals surface area (Å²) in [7, 11) is 0. The van der Waals surface area contributed by atoms with Crippen LogP contribution in [0.3, 0.4) is 0 Å². The molecule has 1 heterocycles. The maximum Gasteiger partial charge on any atom is 0.339 e. The van der Waals surface area contributed by atoms with Crippen molar-refractivity contribution >= 4 is 27.5 Å². The minimum Gasteiger partial charge on any atom is -0.423 e. The predicted molar refractivity (Wildman–Crippen MR) is 78.3 cm³/mol. The van der Waals surface area contributed by atoms with Crippen LogP contribution >= 0.6 is 15.9 Å². The Labute approximate surface area is 125 Å². The van der Waals surface area contributed by atoms with Gasteiger partial charge < -0.3 is 4.74 Å². The van der Waals surface area contributed by atoms with Gasteiger partial charge in [-0.1, -0.05) is 6.07 Å². The molecule has 2 aliphatic rings. The van der Waals surface area contributed by atoms with Gasteiger partial charge >= 0.3 is 5.97 Å². The third kappa shape index (κ3) is 2.22. The number of allylic oxidation sites excluding steroid dienone is 2. The van der Waals surface area contributed by atoms with Crippen LogP contribution in [0.2, 0.25) is 0 Å². The number of hydrogen-bond acceptors (Lipinski definition) is 2. The van der Waals surface area contributed by atoms with E-state index in [-0.39, 0.29) is 11.8 Å². The van der Waals surface area contributed by atoms with Crippen LogP contribution in [0, 0.1) is 5.82 Å². The average molecular weight is 337 g/mol. The number of hydrogen-bond donors (Lipinski definition) is 0. The van der Waals surface area contributed by atoms with Crippen LogP contribution in [0.25, 0.3) is 5.57 Å². The van der Waals surface area contributed by atoms with Gasteiger partial charge in [-0.3, -0.25) is 0 Å². The molecular formula is C16H14BrFO2. The van der Waals surface area contributed by atoms with E-state index in [0.717, 1.165) is 48.0 Å². The summed E-state index contributed by atoms with van der Waals surface area (Å²) in [6.45, 7) is 1.91. The fraction of sp³-hybridized carbons (Fsp3) is 0.312. The van der Waals surface area contributed by atoms with Gasteiger partial charge in [0, 0.05) is 11.1 Å². The van der Waals surface area contributed by atoms with Gasteiger partial charge in [0.05, 0.1) is 4.47 Å². The third-order valence-electron chi connectivity index (χ3n) is 3.88. The zero-order chi connectivity index (χ0) is 14.3. The standard InChI is InChI=1S/C16H14BrFO2/c1-9(10-6-7-14(18)13(17)8-10)15-11-4-2-3-5-12(11)16(19)20-15/h6-8H,2-5H2,1H3/b15-9-. The molecule has 0 fully saturated rings. The summed E-state index contributed by atoms with van der Waals surface area (Å²) in [6.07, 6.45) is 3.82. The Kier molecular flexibility index (Phi) is 3.50. The zero-order valence-corrected chi connectivity index (χ0v) is 12.7. The Morgan fingerprint density at radius 2 is 1.95 bits per heavy atom. The predicted octanol–water partition coefficient (Wildman–Crippen LogP) is 4.75. The first-order chi connectivity index (χ1) is 9.58. The van der Waals surface area contributed by atoms with E-state index in [4.69, 9.17) is 4.74 Å². The van der Waals surface area contributed by atoms with Crippen LogP contribution in [0.5, 0.6) is 0 Å². The number of carbonyl (C=O) groups is 1. The normalized spacial score (nSPS) is 20.9. The van der Waals surface area contributed by atoms with E-state index in [9.17, 15) is 9.18 Å². The molecule has 0 saturated carbocycles. The lowest BCUT2D eigenvalue weighted by Crippen LogP contribution is -2.01. The van der Waals surface area contributed by atoms with Crippen molar-refractivity contribution in [2.45, 2.75) is 32.6 Å².